The third-order valence-electron chi connectivity index (χ3n) is 1.78. The molecule has 0 spiro atoms. The van der Waals surface area contributed by atoms with E-state index < -0.39 is 0 Å². The van der Waals surface area contributed by atoms with Crippen LogP contribution in [0.4, 0.5) is 0 Å². The van der Waals surface area contributed by atoms with E-state index in [1.807, 2.05) is 22.3 Å². The number of hydrogen-bond donors (Lipinski definition) is 0. The zero-order valence-corrected chi connectivity index (χ0v) is 15.8. The van der Waals surface area contributed by atoms with Crippen LogP contribution in [-0.2, 0) is 0 Å². The molecule has 15 heavy (non-hydrogen) atoms. The van der Waals surface area contributed by atoms with Crippen LogP contribution >= 0.6 is 0 Å². The number of hydrogen-bond acceptors (Lipinski definition) is 0. The zero-order chi connectivity index (χ0) is 11.5. The average molecular weight is 514 g/mol. The van der Waals surface area contributed by atoms with E-state index in [1.165, 1.54) is 22.0 Å². The van der Waals surface area contributed by atoms with Crippen molar-refractivity contribution in [2.75, 3.05) is 0 Å². The Balaban J connectivity index is 0.000000265. The monoisotopic (exact) mass is 516 g/mol. The molecule has 0 aliphatic heterocycles. The molecule has 1 aromatic carbocycles. The minimum absolute atomic E-state index is 0.103. The van der Waals surface area contributed by atoms with Crippen LogP contribution in [0, 0.1) is 6.92 Å². The summed E-state index contributed by atoms with van der Waals surface area (Å²) in [5.41, 5.74) is 1.33. The molecular weight excluding hydrogens is 493 g/mol. The molecule has 0 unspecified atom stereocenters. The average Bonchev–Trinajstić information content (AvgIpc) is 2.24. The topological polar surface area (TPSA) is 0 Å². The van der Waals surface area contributed by atoms with E-state index in [0.29, 0.717) is 0 Å². The molecule has 0 fully saturated rings. The van der Waals surface area contributed by atoms with Crippen molar-refractivity contribution < 1.29 is 0 Å². The summed E-state index contributed by atoms with van der Waals surface area (Å²) in [6.45, 7) is 6.68. The Morgan fingerprint density at radius 3 is 1.80 bits per heavy atom. The van der Waals surface area contributed by atoms with Crippen LogP contribution in [-0.4, -0.2) is 45.5 Å². The van der Waals surface area contributed by atoms with Crippen LogP contribution in [0.25, 0.3) is 0 Å². The molecule has 1 aromatic rings. The maximum absolute atomic E-state index is 2.29. The second-order valence-electron chi connectivity index (χ2n) is 3.48. The van der Waals surface area contributed by atoms with Crippen molar-refractivity contribution in [1.82, 2.24) is 0 Å². The van der Waals surface area contributed by atoms with Gasteiger partial charge in [-0.15, -0.1) is 0 Å². The Kier molecular flexibility index (Phi) is 12.1. The van der Waals surface area contributed by atoms with Gasteiger partial charge in [-0.05, 0) is 0 Å². The SMILES string of the molecule is CC[CH2][Bi][CH2]CC.Cc1ccc([Te])cc1. The number of rotatable bonds is 4. The maximum atomic E-state index is 2.29. The Morgan fingerprint density at radius 2 is 1.47 bits per heavy atom. The molecule has 0 aromatic heterocycles. The van der Waals surface area contributed by atoms with Gasteiger partial charge >= 0.3 is 121 Å². The van der Waals surface area contributed by atoms with Gasteiger partial charge in [-0.25, -0.2) is 0 Å². The predicted molar refractivity (Wildman–Crippen MR) is 72.5 cm³/mol. The molecule has 2 radical (unpaired) electrons. The summed E-state index contributed by atoms with van der Waals surface area (Å²) in [7, 11) is 0. The van der Waals surface area contributed by atoms with Gasteiger partial charge in [0, 0.05) is 0 Å². The number of aryl methyl sites for hydroxylation is 1. The molecule has 1 rings (SSSR count). The van der Waals surface area contributed by atoms with E-state index in [9.17, 15) is 0 Å². The summed E-state index contributed by atoms with van der Waals surface area (Å²) in [4.78, 5) is 0. The molecule has 0 amide bonds. The summed E-state index contributed by atoms with van der Waals surface area (Å²) in [6, 6.07) is 8.50. The number of benzene rings is 1. The van der Waals surface area contributed by atoms with Gasteiger partial charge < -0.3 is 0 Å². The van der Waals surface area contributed by atoms with E-state index in [2.05, 4.69) is 45.0 Å². The third-order valence-corrected chi connectivity index (χ3v) is 8.50. The molecule has 2 heteroatoms. The van der Waals surface area contributed by atoms with Crippen molar-refractivity contribution in [3.05, 3.63) is 29.8 Å². The summed E-state index contributed by atoms with van der Waals surface area (Å²) in [5, 5.41) is 0. The van der Waals surface area contributed by atoms with E-state index in [4.69, 9.17) is 0 Å². The standard InChI is InChI=1S/C7H7Te.2C3H7.Bi/c1-6-2-4-7(8)5-3-6;2*1-3-2;/h2-5H,1H3;2*1,3H2,2H3;. The molecule has 0 nitrogen and oxygen atoms in total. The van der Waals surface area contributed by atoms with Crippen molar-refractivity contribution >= 4 is 49.1 Å². The fourth-order valence-electron chi connectivity index (χ4n) is 0.966. The molecule has 0 saturated carbocycles. The van der Waals surface area contributed by atoms with Crippen molar-refractivity contribution in [2.45, 2.75) is 41.9 Å². The molecule has 0 bridgehead atoms. The molecule has 0 N–H and O–H groups in total. The van der Waals surface area contributed by atoms with Crippen LogP contribution in [0.2, 0.25) is 8.26 Å². The predicted octanol–water partition coefficient (Wildman–Crippen LogP) is 3.14. The van der Waals surface area contributed by atoms with Crippen molar-refractivity contribution in [2.24, 2.45) is 0 Å². The fraction of sp³-hybridized carbons (Fsp3) is 0.538. The summed E-state index contributed by atoms with van der Waals surface area (Å²) >= 11 is 2.13. The second-order valence-corrected chi connectivity index (χ2v) is 10.0. The Bertz CT molecular complexity index is 206. The first kappa shape index (κ1) is 15.9. The van der Waals surface area contributed by atoms with E-state index in [0.717, 1.165) is 0 Å². The van der Waals surface area contributed by atoms with Gasteiger partial charge in [-0.1, -0.05) is 0 Å². The quantitative estimate of drug-likeness (QED) is 0.429. The summed E-state index contributed by atoms with van der Waals surface area (Å²) in [5.74, 6) is 0. The van der Waals surface area contributed by atoms with Gasteiger partial charge in [0.2, 0.25) is 0 Å². The van der Waals surface area contributed by atoms with E-state index in [-0.39, 0.29) is 23.2 Å². The van der Waals surface area contributed by atoms with Gasteiger partial charge in [0.15, 0.2) is 0 Å². The van der Waals surface area contributed by atoms with Crippen LogP contribution in [0.15, 0.2) is 24.3 Å². The first-order valence-corrected chi connectivity index (χ1v) is 11.7. The third kappa shape index (κ3) is 11.2. The summed E-state index contributed by atoms with van der Waals surface area (Å²) in [6.07, 6.45) is 2.88. The first-order chi connectivity index (χ1) is 7.20. The first-order valence-electron chi connectivity index (χ1n) is 5.57. The molecule has 0 aliphatic rings. The zero-order valence-electron chi connectivity index (χ0n) is 9.99. The van der Waals surface area contributed by atoms with Crippen LogP contribution < -0.4 is 3.61 Å². The fourth-order valence-corrected chi connectivity index (χ4v) is 4.68. The molecule has 0 atom stereocenters. The van der Waals surface area contributed by atoms with Gasteiger partial charge in [-0.3, -0.25) is 0 Å². The van der Waals surface area contributed by atoms with E-state index in [1.54, 1.807) is 8.26 Å². The summed E-state index contributed by atoms with van der Waals surface area (Å²) < 4.78 is 4.55. The normalized spacial score (nSPS) is 9.27. The van der Waals surface area contributed by atoms with Gasteiger partial charge in [0.1, 0.15) is 0 Å². The van der Waals surface area contributed by atoms with Crippen LogP contribution in [0.3, 0.4) is 0 Å². The molecule has 0 heterocycles. The van der Waals surface area contributed by atoms with Gasteiger partial charge in [0.25, 0.3) is 0 Å². The molecule has 84 valence electrons. The minimum atomic E-state index is 0.103. The van der Waals surface area contributed by atoms with Crippen molar-refractivity contribution in [1.29, 1.82) is 0 Å². The van der Waals surface area contributed by atoms with Gasteiger partial charge in [0.05, 0.1) is 0 Å². The second kappa shape index (κ2) is 11.4. The van der Waals surface area contributed by atoms with Crippen LogP contribution in [0.1, 0.15) is 32.3 Å². The Morgan fingerprint density at radius 1 is 1.00 bits per heavy atom. The molecular formula is C13H21BiTe. The van der Waals surface area contributed by atoms with Crippen molar-refractivity contribution in [3.63, 3.8) is 0 Å². The molecule has 0 aliphatic carbocycles. The van der Waals surface area contributed by atoms with E-state index >= 15 is 0 Å². The van der Waals surface area contributed by atoms with Crippen molar-refractivity contribution in [3.8, 4) is 0 Å². The van der Waals surface area contributed by atoms with Crippen LogP contribution in [0.5, 0.6) is 0 Å². The van der Waals surface area contributed by atoms with Gasteiger partial charge in [-0.2, -0.15) is 0 Å². The Hall–Kier alpha value is 0.893. The Labute approximate surface area is 120 Å². The molecule has 0 saturated heterocycles.